The van der Waals surface area contributed by atoms with Crippen LogP contribution in [0.5, 0.6) is 0 Å². The minimum absolute atomic E-state index is 0.00238. The highest BCUT2D eigenvalue weighted by molar-refractivity contribution is 9.10. The third-order valence-corrected chi connectivity index (χ3v) is 6.99. The summed E-state index contributed by atoms with van der Waals surface area (Å²) in [6, 6.07) is 16.2. The number of hydrogen-bond donors (Lipinski definition) is 2. The number of carbonyl (C=O) groups excluding carboxylic acids is 2. The van der Waals surface area contributed by atoms with Gasteiger partial charge in [-0.1, -0.05) is 46.3 Å². The topological polar surface area (TPSA) is 76.6 Å². The average Bonchev–Trinajstić information content (AvgIpc) is 3.14. The lowest BCUT2D eigenvalue weighted by Crippen LogP contribution is -2.67. The Balaban J connectivity index is 1.76. The molecule has 5 rings (SSSR count). The van der Waals surface area contributed by atoms with Gasteiger partial charge in [-0.3, -0.25) is 9.59 Å². The molecule has 0 bridgehead atoms. The van der Waals surface area contributed by atoms with Crippen molar-refractivity contribution in [2.45, 2.75) is 18.4 Å². The molecule has 3 heterocycles. The lowest BCUT2D eigenvalue weighted by Gasteiger charge is -2.51. The number of fused-ring (bicyclic) bond motifs is 5. The van der Waals surface area contributed by atoms with Gasteiger partial charge in [0.25, 0.3) is 5.91 Å². The minimum Gasteiger partial charge on any atom is -0.395 e. The van der Waals surface area contributed by atoms with Crippen molar-refractivity contribution in [3.8, 4) is 0 Å². The minimum atomic E-state index is -1.12. The molecule has 2 atom stereocenters. The SMILES string of the molecule is C[C@]12C(=O)N(CCO)CC(=O)N1C[C@H](c1ccc(Br)cc1)c1c2[nH]c2ccccc12. The Morgan fingerprint density at radius 3 is 2.63 bits per heavy atom. The van der Waals surface area contributed by atoms with Gasteiger partial charge >= 0.3 is 0 Å². The lowest BCUT2D eigenvalue weighted by atomic mass is 9.76. The molecule has 154 valence electrons. The molecule has 2 amide bonds. The zero-order valence-electron chi connectivity index (χ0n) is 16.6. The van der Waals surface area contributed by atoms with Gasteiger partial charge in [-0.25, -0.2) is 0 Å². The van der Waals surface area contributed by atoms with E-state index in [2.05, 4.69) is 39.1 Å². The van der Waals surface area contributed by atoms with Crippen molar-refractivity contribution in [3.05, 3.63) is 69.8 Å². The molecular formula is C23H22BrN3O3. The Bertz CT molecular complexity index is 1160. The van der Waals surface area contributed by atoms with Crippen LogP contribution in [0.1, 0.15) is 29.7 Å². The molecule has 1 aromatic heterocycles. The van der Waals surface area contributed by atoms with Gasteiger partial charge in [0, 0.05) is 34.4 Å². The summed E-state index contributed by atoms with van der Waals surface area (Å²) < 4.78 is 0.995. The number of aliphatic hydroxyl groups excluding tert-OH is 1. The molecule has 0 aliphatic carbocycles. The number of carbonyl (C=O) groups is 2. The number of halogens is 1. The van der Waals surface area contributed by atoms with Crippen LogP contribution >= 0.6 is 15.9 Å². The van der Waals surface area contributed by atoms with Crippen LogP contribution in [0.25, 0.3) is 10.9 Å². The van der Waals surface area contributed by atoms with Crippen molar-refractivity contribution in [3.63, 3.8) is 0 Å². The zero-order chi connectivity index (χ0) is 21.0. The van der Waals surface area contributed by atoms with Crippen LogP contribution in [0.15, 0.2) is 53.0 Å². The van der Waals surface area contributed by atoms with Gasteiger partial charge in [0.2, 0.25) is 5.91 Å². The second-order valence-electron chi connectivity index (χ2n) is 8.09. The molecular weight excluding hydrogens is 446 g/mol. The number of H-pyrrole nitrogens is 1. The highest BCUT2D eigenvalue weighted by atomic mass is 79.9. The van der Waals surface area contributed by atoms with E-state index in [0.717, 1.165) is 32.2 Å². The van der Waals surface area contributed by atoms with Crippen molar-refractivity contribution in [2.75, 3.05) is 26.2 Å². The molecule has 0 saturated carbocycles. The number of aromatic amines is 1. The monoisotopic (exact) mass is 467 g/mol. The maximum atomic E-state index is 13.5. The molecule has 3 aromatic rings. The average molecular weight is 468 g/mol. The van der Waals surface area contributed by atoms with E-state index < -0.39 is 5.54 Å². The van der Waals surface area contributed by atoms with E-state index >= 15 is 0 Å². The number of β-amino-alcohol motifs (C(OH)–C–C–N with tert-alkyl or cyclic N) is 1. The molecule has 2 aliphatic heterocycles. The second-order valence-corrected chi connectivity index (χ2v) is 9.01. The number of rotatable bonds is 3. The van der Waals surface area contributed by atoms with Crippen LogP contribution in [0, 0.1) is 0 Å². The summed E-state index contributed by atoms with van der Waals surface area (Å²) >= 11 is 3.49. The van der Waals surface area contributed by atoms with Crippen LogP contribution in [0.2, 0.25) is 0 Å². The molecule has 0 unspecified atom stereocenters. The summed E-state index contributed by atoms with van der Waals surface area (Å²) in [6.45, 7) is 2.24. The van der Waals surface area contributed by atoms with Crippen LogP contribution < -0.4 is 0 Å². The van der Waals surface area contributed by atoms with Crippen LogP contribution in [0.4, 0.5) is 0 Å². The molecule has 1 fully saturated rings. The van der Waals surface area contributed by atoms with E-state index in [9.17, 15) is 14.7 Å². The number of piperazine rings is 1. The molecule has 2 aliphatic rings. The normalized spacial score (nSPS) is 23.6. The Morgan fingerprint density at radius 1 is 1.17 bits per heavy atom. The van der Waals surface area contributed by atoms with Crippen molar-refractivity contribution >= 4 is 38.6 Å². The smallest absolute Gasteiger partial charge is 0.255 e. The molecule has 1 saturated heterocycles. The zero-order valence-corrected chi connectivity index (χ0v) is 18.1. The maximum absolute atomic E-state index is 13.5. The predicted octanol–water partition coefficient (Wildman–Crippen LogP) is 2.95. The number of amides is 2. The number of nitrogens with one attached hydrogen (secondary N) is 1. The van der Waals surface area contributed by atoms with E-state index in [4.69, 9.17) is 0 Å². The maximum Gasteiger partial charge on any atom is 0.255 e. The van der Waals surface area contributed by atoms with Gasteiger partial charge in [0.05, 0.1) is 18.8 Å². The van der Waals surface area contributed by atoms with Crippen molar-refractivity contribution in [2.24, 2.45) is 0 Å². The lowest BCUT2D eigenvalue weighted by molar-refractivity contribution is -0.166. The molecule has 0 spiro atoms. The van der Waals surface area contributed by atoms with Gasteiger partial charge in [-0.05, 0) is 36.2 Å². The molecule has 2 aromatic carbocycles. The molecule has 30 heavy (non-hydrogen) atoms. The molecule has 2 N–H and O–H groups in total. The summed E-state index contributed by atoms with van der Waals surface area (Å²) in [5.41, 5.74) is 2.77. The van der Waals surface area contributed by atoms with Gasteiger partial charge in [0.15, 0.2) is 5.54 Å². The van der Waals surface area contributed by atoms with E-state index in [1.54, 1.807) is 4.90 Å². The highest BCUT2D eigenvalue weighted by Crippen LogP contribution is 2.48. The standard InChI is InChI=1S/C23H22BrN3O3/c1-23-21-20(16-4-2-3-5-18(16)25-21)17(14-6-8-15(24)9-7-14)12-27(23)19(29)13-26(10-11-28)22(23)30/h2-9,17,25,28H,10-13H2,1H3/t17-,23+/m1/s1. The van der Waals surface area contributed by atoms with E-state index in [1.165, 1.54) is 4.90 Å². The van der Waals surface area contributed by atoms with Crippen LogP contribution in [-0.4, -0.2) is 57.9 Å². The number of para-hydroxylation sites is 1. The summed E-state index contributed by atoms with van der Waals surface area (Å²) in [5.74, 6) is -0.298. The third kappa shape index (κ3) is 2.65. The summed E-state index contributed by atoms with van der Waals surface area (Å²) in [6.07, 6.45) is 0. The number of aliphatic hydroxyl groups is 1. The van der Waals surface area contributed by atoms with Crippen molar-refractivity contribution in [1.82, 2.24) is 14.8 Å². The van der Waals surface area contributed by atoms with E-state index in [-0.39, 0.29) is 37.4 Å². The first kappa shape index (κ1) is 19.3. The number of aromatic nitrogens is 1. The number of hydrogen-bond acceptors (Lipinski definition) is 3. The van der Waals surface area contributed by atoms with Gasteiger partial charge in [0.1, 0.15) is 0 Å². The first-order valence-electron chi connectivity index (χ1n) is 10.0. The van der Waals surface area contributed by atoms with E-state index in [0.29, 0.717) is 6.54 Å². The van der Waals surface area contributed by atoms with Crippen LogP contribution in [-0.2, 0) is 15.1 Å². The fraction of sp³-hybridized carbons (Fsp3) is 0.304. The molecule has 7 heteroatoms. The fourth-order valence-electron chi connectivity index (χ4n) is 4.97. The summed E-state index contributed by atoms with van der Waals surface area (Å²) in [5, 5.41) is 10.5. The van der Waals surface area contributed by atoms with Gasteiger partial charge in [-0.2, -0.15) is 0 Å². The number of nitrogens with zero attached hydrogens (tertiary/aromatic N) is 2. The largest absolute Gasteiger partial charge is 0.395 e. The Morgan fingerprint density at radius 2 is 1.90 bits per heavy atom. The Hall–Kier alpha value is -2.64. The molecule has 0 radical (unpaired) electrons. The first-order valence-corrected chi connectivity index (χ1v) is 10.8. The Kier molecular flexibility index (Phi) is 4.48. The predicted molar refractivity (Wildman–Crippen MR) is 117 cm³/mol. The third-order valence-electron chi connectivity index (χ3n) is 6.46. The first-order chi connectivity index (χ1) is 14.4. The van der Waals surface area contributed by atoms with Gasteiger partial charge < -0.3 is 19.9 Å². The quantitative estimate of drug-likeness (QED) is 0.621. The number of benzene rings is 2. The van der Waals surface area contributed by atoms with Crippen molar-refractivity contribution < 1.29 is 14.7 Å². The van der Waals surface area contributed by atoms with E-state index in [1.807, 2.05) is 37.3 Å². The Labute approximate surface area is 182 Å². The second kappa shape index (κ2) is 6.96. The highest BCUT2D eigenvalue weighted by Gasteiger charge is 2.56. The van der Waals surface area contributed by atoms with Crippen molar-refractivity contribution in [1.29, 1.82) is 0 Å². The van der Waals surface area contributed by atoms with Gasteiger partial charge in [-0.15, -0.1) is 0 Å². The molecule has 6 nitrogen and oxygen atoms in total. The fourth-order valence-corrected chi connectivity index (χ4v) is 5.24. The summed E-state index contributed by atoms with van der Waals surface area (Å²) in [4.78, 5) is 33.3. The summed E-state index contributed by atoms with van der Waals surface area (Å²) in [7, 11) is 0. The van der Waals surface area contributed by atoms with Crippen LogP contribution in [0.3, 0.4) is 0 Å².